The van der Waals surface area contributed by atoms with Crippen LogP contribution in [0, 0.1) is 0 Å². The van der Waals surface area contributed by atoms with Gasteiger partial charge in [0, 0.05) is 45.1 Å². The number of hydrogen-bond acceptors (Lipinski definition) is 4. The summed E-state index contributed by atoms with van der Waals surface area (Å²) in [5.41, 5.74) is 0. The highest BCUT2D eigenvalue weighted by Gasteiger charge is 2.24. The Hall–Kier alpha value is -2.12. The van der Waals surface area contributed by atoms with Crippen molar-refractivity contribution in [1.29, 1.82) is 0 Å². The first-order valence-electron chi connectivity index (χ1n) is 8.97. The van der Waals surface area contributed by atoms with E-state index in [-0.39, 0.29) is 24.5 Å². The van der Waals surface area contributed by atoms with Gasteiger partial charge in [-0.25, -0.2) is 4.99 Å². The Kier molecular flexibility index (Phi) is 6.39. The number of fused-ring (bicyclic) bond motifs is 1. The highest BCUT2D eigenvalue weighted by atomic mass is 16.2. The minimum Gasteiger partial charge on any atom is -0.354 e. The van der Waals surface area contributed by atoms with Crippen LogP contribution in [0.3, 0.4) is 0 Å². The van der Waals surface area contributed by atoms with E-state index in [1.165, 1.54) is 0 Å². The van der Waals surface area contributed by atoms with Crippen LogP contribution in [0.2, 0.25) is 0 Å². The molecular weight excluding hydrogens is 318 g/mol. The average Bonchev–Trinajstić information content (AvgIpc) is 2.94. The molecule has 1 aromatic rings. The molecule has 140 valence electrons. The average molecular weight is 349 g/mol. The number of aliphatic imine (C=N–C) groups is 1. The predicted molar refractivity (Wildman–Crippen MR) is 98.6 cm³/mol. The van der Waals surface area contributed by atoms with Gasteiger partial charge in [-0.2, -0.15) is 0 Å². The monoisotopic (exact) mass is 349 g/mol. The van der Waals surface area contributed by atoms with Crippen molar-refractivity contribution in [3.05, 3.63) is 11.6 Å². The maximum absolute atomic E-state index is 11.8. The number of carbonyl (C=O) groups excluding carboxylic acids is 1. The van der Waals surface area contributed by atoms with E-state index in [9.17, 15) is 4.79 Å². The molecule has 1 atom stereocenters. The lowest BCUT2D eigenvalue weighted by atomic mass is 10.1. The summed E-state index contributed by atoms with van der Waals surface area (Å²) in [7, 11) is 3.48. The Morgan fingerprint density at radius 3 is 2.64 bits per heavy atom. The van der Waals surface area contributed by atoms with Gasteiger partial charge in [-0.15, -0.1) is 10.2 Å². The second-order valence-electron chi connectivity index (χ2n) is 7.37. The molecular formula is C17H31N7O. The van der Waals surface area contributed by atoms with Crippen molar-refractivity contribution in [2.24, 2.45) is 4.99 Å². The number of aromatic nitrogens is 3. The molecule has 0 saturated heterocycles. The smallest absolute Gasteiger partial charge is 0.243 e. The van der Waals surface area contributed by atoms with Crippen LogP contribution in [-0.4, -0.2) is 64.3 Å². The molecule has 1 aliphatic heterocycles. The SMILES string of the molecule is CC(C)NC(=NCC(=O)N(C)C)NC1CCc2nnc(C(C)C)n2C1. The quantitative estimate of drug-likeness (QED) is 0.605. The largest absolute Gasteiger partial charge is 0.354 e. The summed E-state index contributed by atoms with van der Waals surface area (Å²) >= 11 is 0. The maximum Gasteiger partial charge on any atom is 0.243 e. The third kappa shape index (κ3) is 5.17. The Labute approximate surface area is 150 Å². The topological polar surface area (TPSA) is 87.4 Å². The van der Waals surface area contributed by atoms with Gasteiger partial charge in [-0.3, -0.25) is 4.79 Å². The van der Waals surface area contributed by atoms with Gasteiger partial charge in [0.05, 0.1) is 0 Å². The molecule has 0 fully saturated rings. The lowest BCUT2D eigenvalue weighted by Crippen LogP contribution is -2.49. The fourth-order valence-corrected chi connectivity index (χ4v) is 2.78. The third-order valence-electron chi connectivity index (χ3n) is 4.13. The number of hydrogen-bond donors (Lipinski definition) is 2. The standard InChI is InChI=1S/C17H31N7O/c1-11(2)16-22-21-14-8-7-13(10-24(14)16)20-17(19-12(3)4)18-9-15(25)23(5)6/h11-13H,7-10H2,1-6H3,(H2,18,19,20). The van der Waals surface area contributed by atoms with E-state index in [0.717, 1.165) is 31.0 Å². The minimum atomic E-state index is -0.0170. The zero-order valence-corrected chi connectivity index (χ0v) is 16.2. The predicted octanol–water partition coefficient (Wildman–Crippen LogP) is 0.748. The number of nitrogens with zero attached hydrogens (tertiary/aromatic N) is 5. The second kappa shape index (κ2) is 8.31. The van der Waals surface area contributed by atoms with E-state index < -0.39 is 0 Å². The summed E-state index contributed by atoms with van der Waals surface area (Å²) in [6.07, 6.45) is 1.86. The number of amides is 1. The zero-order valence-electron chi connectivity index (χ0n) is 16.2. The lowest BCUT2D eigenvalue weighted by molar-refractivity contribution is -0.127. The van der Waals surface area contributed by atoms with E-state index in [4.69, 9.17) is 0 Å². The van der Waals surface area contributed by atoms with Gasteiger partial charge >= 0.3 is 0 Å². The van der Waals surface area contributed by atoms with E-state index in [1.807, 2.05) is 0 Å². The van der Waals surface area contributed by atoms with Crippen LogP contribution >= 0.6 is 0 Å². The fourth-order valence-electron chi connectivity index (χ4n) is 2.78. The van der Waals surface area contributed by atoms with Gasteiger partial charge in [-0.05, 0) is 20.3 Å². The van der Waals surface area contributed by atoms with Crippen LogP contribution < -0.4 is 10.6 Å². The zero-order chi connectivity index (χ0) is 18.6. The molecule has 8 heteroatoms. The Morgan fingerprint density at radius 1 is 1.32 bits per heavy atom. The molecule has 1 aromatic heterocycles. The first-order valence-corrected chi connectivity index (χ1v) is 8.97. The molecule has 0 spiro atoms. The van der Waals surface area contributed by atoms with Crippen LogP contribution in [0.5, 0.6) is 0 Å². The molecule has 0 radical (unpaired) electrons. The normalized spacial score (nSPS) is 17.6. The maximum atomic E-state index is 11.8. The minimum absolute atomic E-state index is 0.0170. The first-order chi connectivity index (χ1) is 11.8. The Morgan fingerprint density at radius 2 is 2.04 bits per heavy atom. The van der Waals surface area contributed by atoms with E-state index >= 15 is 0 Å². The van der Waals surface area contributed by atoms with Gasteiger partial charge in [0.25, 0.3) is 0 Å². The molecule has 2 heterocycles. The van der Waals surface area contributed by atoms with Crippen molar-refractivity contribution in [3.63, 3.8) is 0 Å². The summed E-state index contributed by atoms with van der Waals surface area (Å²) in [4.78, 5) is 17.8. The van der Waals surface area contributed by atoms with Gasteiger partial charge in [-0.1, -0.05) is 13.8 Å². The fraction of sp³-hybridized carbons (Fsp3) is 0.765. The van der Waals surface area contributed by atoms with Crippen molar-refractivity contribution >= 4 is 11.9 Å². The number of nitrogens with one attached hydrogen (secondary N) is 2. The van der Waals surface area contributed by atoms with Gasteiger partial charge in [0.15, 0.2) is 5.96 Å². The molecule has 1 aliphatic rings. The van der Waals surface area contributed by atoms with Crippen molar-refractivity contribution in [3.8, 4) is 0 Å². The molecule has 0 aromatic carbocycles. The third-order valence-corrected chi connectivity index (χ3v) is 4.13. The number of guanidine groups is 1. The molecule has 2 N–H and O–H groups in total. The number of likely N-dealkylation sites (N-methyl/N-ethyl adjacent to an activating group) is 1. The molecule has 0 bridgehead atoms. The number of rotatable bonds is 5. The molecule has 0 saturated carbocycles. The van der Waals surface area contributed by atoms with Crippen LogP contribution in [0.4, 0.5) is 0 Å². The summed E-state index contributed by atoms with van der Waals surface area (Å²) in [6, 6.07) is 0.474. The van der Waals surface area contributed by atoms with E-state index in [1.54, 1.807) is 19.0 Å². The van der Waals surface area contributed by atoms with Crippen molar-refractivity contribution in [2.45, 2.75) is 65.1 Å². The number of aryl methyl sites for hydroxylation is 1. The van der Waals surface area contributed by atoms with Crippen LogP contribution in [-0.2, 0) is 17.8 Å². The molecule has 1 unspecified atom stereocenters. The molecule has 1 amide bonds. The van der Waals surface area contributed by atoms with Crippen LogP contribution in [0.25, 0.3) is 0 Å². The van der Waals surface area contributed by atoms with Crippen molar-refractivity contribution in [2.75, 3.05) is 20.6 Å². The molecule has 0 aliphatic carbocycles. The van der Waals surface area contributed by atoms with Gasteiger partial charge in [0.2, 0.25) is 5.91 Å². The Balaban J connectivity index is 2.07. The highest BCUT2D eigenvalue weighted by molar-refractivity contribution is 5.85. The van der Waals surface area contributed by atoms with Gasteiger partial charge in [0.1, 0.15) is 18.2 Å². The summed E-state index contributed by atoms with van der Waals surface area (Å²) in [5.74, 6) is 3.09. The molecule has 2 rings (SSSR count). The van der Waals surface area contributed by atoms with Crippen LogP contribution in [0.1, 0.15) is 51.7 Å². The van der Waals surface area contributed by atoms with Crippen molar-refractivity contribution < 1.29 is 4.79 Å². The highest BCUT2D eigenvalue weighted by Crippen LogP contribution is 2.20. The summed E-state index contributed by atoms with van der Waals surface area (Å²) in [6.45, 7) is 9.33. The van der Waals surface area contributed by atoms with E-state index in [0.29, 0.717) is 11.9 Å². The lowest BCUT2D eigenvalue weighted by Gasteiger charge is -2.28. The summed E-state index contributed by atoms with van der Waals surface area (Å²) < 4.78 is 2.21. The van der Waals surface area contributed by atoms with E-state index in [2.05, 4.69) is 58.1 Å². The molecule has 25 heavy (non-hydrogen) atoms. The van der Waals surface area contributed by atoms with Crippen molar-refractivity contribution in [1.82, 2.24) is 30.3 Å². The number of carbonyl (C=O) groups is 1. The van der Waals surface area contributed by atoms with Gasteiger partial charge < -0.3 is 20.1 Å². The Bertz CT molecular complexity index is 619. The second-order valence-corrected chi connectivity index (χ2v) is 7.37. The van der Waals surface area contributed by atoms with Crippen LogP contribution in [0.15, 0.2) is 4.99 Å². The first kappa shape index (κ1) is 19.2. The molecule has 8 nitrogen and oxygen atoms in total. The summed E-state index contributed by atoms with van der Waals surface area (Å²) in [5, 5.41) is 15.4.